The van der Waals surface area contributed by atoms with Crippen molar-refractivity contribution in [1.82, 2.24) is 15.4 Å². The highest BCUT2D eigenvalue weighted by Gasteiger charge is 2.20. The minimum Gasteiger partial charge on any atom is -0.338 e. The average Bonchev–Trinajstić information content (AvgIpc) is 2.60. The number of fused-ring (bicyclic) bond motifs is 2. The van der Waals surface area contributed by atoms with Crippen LogP contribution >= 0.6 is 0 Å². The molecule has 10 heteroatoms. The molecule has 0 saturated heterocycles. The summed E-state index contributed by atoms with van der Waals surface area (Å²) >= 11 is 0. The highest BCUT2D eigenvalue weighted by Crippen LogP contribution is 2.25. The highest BCUT2D eigenvalue weighted by molar-refractivity contribution is 6.05. The molecule has 0 fully saturated rings. The minimum absolute atomic E-state index is 0.0628. The lowest BCUT2D eigenvalue weighted by molar-refractivity contribution is -0.862. The fourth-order valence-electron chi connectivity index (χ4n) is 2.81. The van der Waals surface area contributed by atoms with Crippen molar-refractivity contribution in [2.75, 3.05) is 27.7 Å². The number of nitro benzene ring substituents is 1. The van der Waals surface area contributed by atoms with E-state index in [1.54, 1.807) is 12.1 Å². The summed E-state index contributed by atoms with van der Waals surface area (Å²) in [6, 6.07) is 5.84. The van der Waals surface area contributed by atoms with E-state index in [2.05, 4.69) is 20.5 Å². The van der Waals surface area contributed by atoms with Crippen LogP contribution in [0, 0.1) is 10.1 Å². The summed E-state index contributed by atoms with van der Waals surface area (Å²) in [6.45, 7) is 0.226. The molecule has 10 nitrogen and oxygen atoms in total. The second-order valence-corrected chi connectivity index (χ2v) is 7.28. The van der Waals surface area contributed by atoms with E-state index in [-0.39, 0.29) is 34.4 Å². The van der Waals surface area contributed by atoms with Crippen LogP contribution in [0.25, 0.3) is 21.9 Å². The molecule has 3 aromatic rings. The van der Waals surface area contributed by atoms with Gasteiger partial charge in [-0.05, 0) is 18.2 Å². The number of hydrogen-bond donors (Lipinski definition) is 2. The third-order valence-corrected chi connectivity index (χ3v) is 3.95. The lowest BCUT2D eigenvalue weighted by atomic mass is 10.1. The summed E-state index contributed by atoms with van der Waals surface area (Å²) < 4.78 is 0.437. The maximum absolute atomic E-state index is 12.8. The van der Waals surface area contributed by atoms with Gasteiger partial charge in [0.05, 0.1) is 43.2 Å². The van der Waals surface area contributed by atoms with Gasteiger partial charge in [0, 0.05) is 17.8 Å². The van der Waals surface area contributed by atoms with Gasteiger partial charge in [-0.25, -0.2) is 10.4 Å². The SMILES string of the molecule is C[N+](C)(C)CC(=O)N/N=C/c1ccc([N+](=O)[O-])c2c(=O)c3cccnc3[nH]c12. The molecule has 0 spiro atoms. The number of nitrogens with zero attached hydrogens (tertiary/aromatic N) is 4. The molecule has 0 atom stereocenters. The molecule has 2 N–H and O–H groups in total. The summed E-state index contributed by atoms with van der Waals surface area (Å²) in [5.74, 6) is -0.282. The third kappa shape index (κ3) is 3.86. The van der Waals surface area contributed by atoms with Crippen LogP contribution in [0.4, 0.5) is 5.69 Å². The van der Waals surface area contributed by atoms with Crippen LogP contribution in [-0.4, -0.2) is 59.2 Å². The zero-order valence-corrected chi connectivity index (χ0v) is 15.6. The summed E-state index contributed by atoms with van der Waals surface area (Å²) in [5, 5.41) is 15.5. The zero-order chi connectivity index (χ0) is 20.5. The number of benzene rings is 1. The predicted molar refractivity (Wildman–Crippen MR) is 105 cm³/mol. The number of aromatic nitrogens is 2. The van der Waals surface area contributed by atoms with Gasteiger partial charge in [-0.2, -0.15) is 5.10 Å². The van der Waals surface area contributed by atoms with E-state index < -0.39 is 10.4 Å². The Morgan fingerprint density at radius 3 is 2.79 bits per heavy atom. The van der Waals surface area contributed by atoms with E-state index in [1.165, 1.54) is 24.5 Å². The van der Waals surface area contributed by atoms with Crippen LogP contribution in [0.15, 0.2) is 40.4 Å². The molecule has 144 valence electrons. The Hall–Kier alpha value is -3.66. The van der Waals surface area contributed by atoms with Crippen molar-refractivity contribution in [2.24, 2.45) is 5.10 Å². The van der Waals surface area contributed by atoms with Crippen molar-refractivity contribution in [2.45, 2.75) is 0 Å². The number of nitro groups is 1. The first-order chi connectivity index (χ1) is 13.2. The Morgan fingerprint density at radius 2 is 2.11 bits per heavy atom. The molecule has 0 aliphatic heterocycles. The van der Waals surface area contributed by atoms with E-state index in [0.29, 0.717) is 15.7 Å². The van der Waals surface area contributed by atoms with Crippen LogP contribution < -0.4 is 10.9 Å². The van der Waals surface area contributed by atoms with Crippen molar-refractivity contribution < 1.29 is 14.2 Å². The van der Waals surface area contributed by atoms with Crippen molar-refractivity contribution >= 4 is 39.7 Å². The van der Waals surface area contributed by atoms with E-state index in [9.17, 15) is 19.7 Å². The van der Waals surface area contributed by atoms with Gasteiger partial charge in [-0.3, -0.25) is 19.7 Å². The largest absolute Gasteiger partial charge is 0.338 e. The molecule has 0 bridgehead atoms. The number of H-pyrrole nitrogens is 1. The Labute approximate surface area is 159 Å². The smallest absolute Gasteiger partial charge is 0.295 e. The van der Waals surface area contributed by atoms with Crippen molar-refractivity contribution in [3.63, 3.8) is 0 Å². The fraction of sp³-hybridized carbons (Fsp3) is 0.222. The highest BCUT2D eigenvalue weighted by atomic mass is 16.6. The number of amides is 1. The zero-order valence-electron chi connectivity index (χ0n) is 15.6. The van der Waals surface area contributed by atoms with Gasteiger partial charge in [0.25, 0.3) is 11.6 Å². The second-order valence-electron chi connectivity index (χ2n) is 7.28. The molecular formula is C18H19N6O4+. The predicted octanol–water partition coefficient (Wildman–Crippen LogP) is 1.14. The number of nitrogens with one attached hydrogen (secondary N) is 2. The molecule has 0 aliphatic rings. The lowest BCUT2D eigenvalue weighted by Crippen LogP contribution is -2.43. The number of quaternary nitrogens is 1. The first-order valence-corrected chi connectivity index (χ1v) is 8.38. The topological polar surface area (TPSA) is 130 Å². The number of hydrogen-bond acceptors (Lipinski definition) is 6. The molecule has 2 aromatic heterocycles. The summed E-state index contributed by atoms with van der Waals surface area (Å²) in [5.41, 5.74) is 2.56. The Kier molecular flexibility index (Phi) is 4.89. The quantitative estimate of drug-likeness (QED) is 0.224. The maximum atomic E-state index is 12.8. The monoisotopic (exact) mass is 383 g/mol. The van der Waals surface area contributed by atoms with Crippen molar-refractivity contribution in [3.8, 4) is 0 Å². The molecule has 3 rings (SSSR count). The van der Waals surface area contributed by atoms with E-state index in [4.69, 9.17) is 0 Å². The number of carbonyl (C=O) groups excluding carboxylic acids is 1. The maximum Gasteiger partial charge on any atom is 0.295 e. The van der Waals surface area contributed by atoms with Crippen LogP contribution in [0.2, 0.25) is 0 Å². The number of hydrazone groups is 1. The summed E-state index contributed by atoms with van der Waals surface area (Å²) in [4.78, 5) is 42.6. The summed E-state index contributed by atoms with van der Waals surface area (Å²) in [6.07, 6.45) is 2.85. The molecule has 28 heavy (non-hydrogen) atoms. The van der Waals surface area contributed by atoms with Gasteiger partial charge < -0.3 is 9.47 Å². The van der Waals surface area contributed by atoms with Gasteiger partial charge in [0.1, 0.15) is 11.0 Å². The van der Waals surface area contributed by atoms with E-state index >= 15 is 0 Å². The standard InChI is InChI=1S/C18H18N6O4/c1-24(2,3)10-14(25)22-20-9-11-6-7-13(23(27)28)15-16(11)21-18-12(17(15)26)5-4-8-19-18/h4-9H,10H2,1-3H3,(H-,19,20,21,22,25,26)/p+1. The number of non-ortho nitro benzene ring substituents is 1. The van der Waals surface area contributed by atoms with Gasteiger partial charge in [-0.1, -0.05) is 0 Å². The molecule has 0 unspecified atom stereocenters. The van der Waals surface area contributed by atoms with E-state index in [1.807, 2.05) is 21.1 Å². The average molecular weight is 383 g/mol. The molecule has 1 aromatic carbocycles. The van der Waals surface area contributed by atoms with Crippen LogP contribution in [0.3, 0.4) is 0 Å². The number of pyridine rings is 2. The number of carbonyl (C=O) groups is 1. The Bertz CT molecular complexity index is 1180. The molecule has 1 amide bonds. The normalized spacial score (nSPS) is 12.0. The molecule has 0 aliphatic carbocycles. The van der Waals surface area contributed by atoms with Crippen molar-refractivity contribution in [3.05, 3.63) is 56.4 Å². The number of aromatic amines is 1. The Balaban J connectivity index is 2.10. The molecule has 0 radical (unpaired) electrons. The second kappa shape index (κ2) is 7.16. The number of likely N-dealkylation sites (N-methyl/N-ethyl adjacent to an activating group) is 1. The van der Waals surface area contributed by atoms with Gasteiger partial charge in [-0.15, -0.1) is 0 Å². The van der Waals surface area contributed by atoms with Crippen LogP contribution in [0.5, 0.6) is 0 Å². The minimum atomic E-state index is -0.607. The first kappa shape index (κ1) is 19.1. The van der Waals surface area contributed by atoms with Crippen LogP contribution in [0.1, 0.15) is 5.56 Å². The van der Waals surface area contributed by atoms with Gasteiger partial charge >= 0.3 is 0 Å². The van der Waals surface area contributed by atoms with Crippen molar-refractivity contribution in [1.29, 1.82) is 0 Å². The summed E-state index contributed by atoms with van der Waals surface area (Å²) in [7, 11) is 5.61. The molecule has 2 heterocycles. The lowest BCUT2D eigenvalue weighted by Gasteiger charge is -2.21. The molecule has 0 saturated carbocycles. The van der Waals surface area contributed by atoms with E-state index in [0.717, 1.165) is 0 Å². The first-order valence-electron chi connectivity index (χ1n) is 8.38. The van der Waals surface area contributed by atoms with Gasteiger partial charge in [0.2, 0.25) is 5.43 Å². The Morgan fingerprint density at radius 1 is 1.36 bits per heavy atom. The van der Waals surface area contributed by atoms with Gasteiger partial charge in [0.15, 0.2) is 6.54 Å². The fourth-order valence-corrected chi connectivity index (χ4v) is 2.81. The van der Waals surface area contributed by atoms with Crippen LogP contribution in [-0.2, 0) is 4.79 Å². The molecular weight excluding hydrogens is 364 g/mol. The number of rotatable bonds is 5. The third-order valence-electron chi connectivity index (χ3n) is 3.95.